The zero-order chi connectivity index (χ0) is 22.2. The van der Waals surface area contributed by atoms with E-state index in [1.54, 1.807) is 0 Å². The Hall–Kier alpha value is -3.20. The fourth-order valence-corrected chi connectivity index (χ4v) is 5.08. The molecule has 31 heavy (non-hydrogen) atoms. The predicted molar refractivity (Wildman–Crippen MR) is 108 cm³/mol. The van der Waals surface area contributed by atoms with Crippen LogP contribution in [0.2, 0.25) is 0 Å². The van der Waals surface area contributed by atoms with Gasteiger partial charge in [0.1, 0.15) is 17.5 Å². The fourth-order valence-electron chi connectivity index (χ4n) is 3.56. The standard InChI is InChI=1S/C22H17F3N2O3S/c23-15-6-8-16(9-7-15)31(29,30)27-10-2-5-19-20(27)11-14(13-26-19)12-21(28)22-17(24)3-1-4-18(22)25/h1,3-4,6-9,11,13H,2,5,10,12H2. The van der Waals surface area contributed by atoms with Gasteiger partial charge in [-0.3, -0.25) is 14.1 Å². The second-order valence-electron chi connectivity index (χ2n) is 7.14. The van der Waals surface area contributed by atoms with Gasteiger partial charge in [0, 0.05) is 19.2 Å². The molecule has 0 unspecified atom stereocenters. The second-order valence-corrected chi connectivity index (χ2v) is 9.00. The molecule has 5 nitrogen and oxygen atoms in total. The van der Waals surface area contributed by atoms with E-state index < -0.39 is 38.8 Å². The summed E-state index contributed by atoms with van der Waals surface area (Å²) in [6.07, 6.45) is 2.14. The minimum atomic E-state index is -3.98. The van der Waals surface area contributed by atoms with Crippen molar-refractivity contribution in [2.75, 3.05) is 10.8 Å². The minimum absolute atomic E-state index is 0.0725. The number of ketones is 1. The maximum Gasteiger partial charge on any atom is 0.264 e. The summed E-state index contributed by atoms with van der Waals surface area (Å²) in [7, 11) is -3.98. The molecule has 2 aromatic carbocycles. The molecule has 0 saturated heterocycles. The highest BCUT2D eigenvalue weighted by Gasteiger charge is 2.30. The number of aryl methyl sites for hydroxylation is 1. The van der Waals surface area contributed by atoms with Crippen molar-refractivity contribution >= 4 is 21.5 Å². The molecule has 1 aliphatic rings. The largest absolute Gasteiger partial charge is 0.294 e. The number of rotatable bonds is 5. The van der Waals surface area contributed by atoms with Crippen molar-refractivity contribution in [2.45, 2.75) is 24.2 Å². The van der Waals surface area contributed by atoms with E-state index in [4.69, 9.17) is 0 Å². The Kier molecular flexibility index (Phi) is 5.53. The van der Waals surface area contributed by atoms with Crippen molar-refractivity contribution in [2.24, 2.45) is 0 Å². The Morgan fingerprint density at radius 3 is 2.39 bits per heavy atom. The first kappa shape index (κ1) is 21.0. The third-order valence-corrected chi connectivity index (χ3v) is 6.88. The number of carbonyl (C=O) groups excluding carboxylic acids is 1. The van der Waals surface area contributed by atoms with E-state index in [9.17, 15) is 26.4 Å². The van der Waals surface area contributed by atoms with Crippen LogP contribution in [0.5, 0.6) is 0 Å². The molecule has 0 aliphatic carbocycles. The first-order chi connectivity index (χ1) is 14.8. The van der Waals surface area contributed by atoms with E-state index in [1.807, 2.05) is 0 Å². The lowest BCUT2D eigenvalue weighted by molar-refractivity contribution is 0.0985. The topological polar surface area (TPSA) is 67.3 Å². The van der Waals surface area contributed by atoms with E-state index in [0.717, 1.165) is 24.3 Å². The average molecular weight is 446 g/mol. The van der Waals surface area contributed by atoms with Crippen LogP contribution in [0.3, 0.4) is 0 Å². The summed E-state index contributed by atoms with van der Waals surface area (Å²) in [5.74, 6) is -3.25. The summed E-state index contributed by atoms with van der Waals surface area (Å²) in [6, 6.07) is 9.15. The van der Waals surface area contributed by atoms with Crippen molar-refractivity contribution in [1.29, 1.82) is 0 Å². The Labute approximate surface area is 177 Å². The van der Waals surface area contributed by atoms with Crippen molar-refractivity contribution in [3.63, 3.8) is 0 Å². The SMILES string of the molecule is O=C(Cc1cnc2c(c1)N(S(=O)(=O)c1ccc(F)cc1)CCC2)c1c(F)cccc1F. The number of carbonyl (C=O) groups is 1. The summed E-state index contributed by atoms with van der Waals surface area (Å²) in [4.78, 5) is 16.7. The van der Waals surface area contributed by atoms with Gasteiger partial charge in [0.05, 0.1) is 21.8 Å². The molecule has 9 heteroatoms. The third kappa shape index (κ3) is 4.05. The molecule has 1 aliphatic heterocycles. The number of halogens is 3. The zero-order valence-electron chi connectivity index (χ0n) is 16.2. The van der Waals surface area contributed by atoms with Gasteiger partial charge in [0.25, 0.3) is 10.0 Å². The monoisotopic (exact) mass is 446 g/mol. The van der Waals surface area contributed by atoms with Crippen LogP contribution in [0.1, 0.15) is 28.0 Å². The Morgan fingerprint density at radius 1 is 1.03 bits per heavy atom. The fraction of sp³-hybridized carbons (Fsp3) is 0.182. The van der Waals surface area contributed by atoms with Gasteiger partial charge in [0.15, 0.2) is 5.78 Å². The number of aromatic nitrogens is 1. The summed E-state index contributed by atoms with van der Waals surface area (Å²) < 4.78 is 68.5. The number of sulfonamides is 1. The average Bonchev–Trinajstić information content (AvgIpc) is 2.73. The number of hydrogen-bond donors (Lipinski definition) is 0. The molecular formula is C22H17F3N2O3S. The number of hydrogen-bond acceptors (Lipinski definition) is 4. The van der Waals surface area contributed by atoms with Gasteiger partial charge in [-0.2, -0.15) is 0 Å². The van der Waals surface area contributed by atoms with Crippen molar-refractivity contribution in [3.05, 3.63) is 89.0 Å². The van der Waals surface area contributed by atoms with Crippen LogP contribution >= 0.6 is 0 Å². The van der Waals surface area contributed by atoms with Gasteiger partial charge >= 0.3 is 0 Å². The molecule has 0 amide bonds. The normalized spacial score (nSPS) is 13.7. The number of fused-ring (bicyclic) bond motifs is 1. The number of Topliss-reactive ketones (excluding diaryl/α,β-unsaturated/α-hetero) is 1. The highest BCUT2D eigenvalue weighted by molar-refractivity contribution is 7.92. The summed E-state index contributed by atoms with van der Waals surface area (Å²) >= 11 is 0. The molecule has 0 saturated carbocycles. The van der Waals surface area contributed by atoms with Crippen LogP contribution in [0, 0.1) is 17.5 Å². The summed E-state index contributed by atoms with van der Waals surface area (Å²) in [5.41, 5.74) is 0.517. The first-order valence-electron chi connectivity index (χ1n) is 9.50. The molecule has 0 fully saturated rings. The molecule has 0 atom stereocenters. The Balaban J connectivity index is 1.68. The molecule has 160 valence electrons. The minimum Gasteiger partial charge on any atom is -0.294 e. The maximum absolute atomic E-state index is 13.9. The molecular weight excluding hydrogens is 429 g/mol. The molecule has 0 bridgehead atoms. The lowest BCUT2D eigenvalue weighted by atomic mass is 10.0. The van der Waals surface area contributed by atoms with Gasteiger partial charge in [-0.15, -0.1) is 0 Å². The molecule has 0 radical (unpaired) electrons. The van der Waals surface area contributed by atoms with Crippen molar-refractivity contribution < 1.29 is 26.4 Å². The van der Waals surface area contributed by atoms with Gasteiger partial charge in [-0.05, 0) is 60.9 Å². The Bertz CT molecular complexity index is 1240. The van der Waals surface area contributed by atoms with Crippen LogP contribution in [0.4, 0.5) is 18.9 Å². The molecule has 0 spiro atoms. The van der Waals surface area contributed by atoms with Crippen LogP contribution in [-0.4, -0.2) is 25.7 Å². The van der Waals surface area contributed by atoms with E-state index in [1.165, 1.54) is 34.8 Å². The van der Waals surface area contributed by atoms with Crippen LogP contribution in [0.15, 0.2) is 59.6 Å². The lowest BCUT2D eigenvalue weighted by Gasteiger charge is -2.30. The predicted octanol–water partition coefficient (Wildman–Crippen LogP) is 4.07. The molecule has 4 rings (SSSR count). The number of pyridine rings is 1. The number of anilines is 1. The maximum atomic E-state index is 13.9. The van der Waals surface area contributed by atoms with Crippen molar-refractivity contribution in [1.82, 2.24) is 4.98 Å². The van der Waals surface area contributed by atoms with Crippen LogP contribution in [-0.2, 0) is 22.9 Å². The second kappa shape index (κ2) is 8.14. The molecule has 3 aromatic rings. The number of benzene rings is 2. The third-order valence-electron chi connectivity index (χ3n) is 5.06. The van der Waals surface area contributed by atoms with Crippen molar-refractivity contribution in [3.8, 4) is 0 Å². The van der Waals surface area contributed by atoms with Gasteiger partial charge in [-0.25, -0.2) is 21.6 Å². The zero-order valence-corrected chi connectivity index (χ0v) is 17.0. The Morgan fingerprint density at radius 2 is 1.71 bits per heavy atom. The van der Waals surface area contributed by atoms with Crippen LogP contribution in [0.25, 0.3) is 0 Å². The number of nitrogens with zero attached hydrogens (tertiary/aromatic N) is 2. The highest BCUT2D eigenvalue weighted by atomic mass is 32.2. The van der Waals surface area contributed by atoms with E-state index in [0.29, 0.717) is 29.8 Å². The lowest BCUT2D eigenvalue weighted by Crippen LogP contribution is -2.36. The van der Waals surface area contributed by atoms with Crippen LogP contribution < -0.4 is 4.31 Å². The molecule has 0 N–H and O–H groups in total. The van der Waals surface area contributed by atoms with Gasteiger partial charge in [0.2, 0.25) is 0 Å². The molecule has 1 aromatic heterocycles. The summed E-state index contributed by atoms with van der Waals surface area (Å²) in [6.45, 7) is 0.188. The highest BCUT2D eigenvalue weighted by Crippen LogP contribution is 2.32. The summed E-state index contributed by atoms with van der Waals surface area (Å²) in [5, 5.41) is 0. The van der Waals surface area contributed by atoms with E-state index >= 15 is 0 Å². The quantitative estimate of drug-likeness (QED) is 0.555. The van der Waals surface area contributed by atoms with Gasteiger partial charge < -0.3 is 0 Å². The molecule has 2 heterocycles. The van der Waals surface area contributed by atoms with Gasteiger partial charge in [-0.1, -0.05) is 6.07 Å². The van der Waals surface area contributed by atoms with E-state index in [2.05, 4.69) is 4.98 Å². The smallest absolute Gasteiger partial charge is 0.264 e. The first-order valence-corrected chi connectivity index (χ1v) is 10.9. The van der Waals surface area contributed by atoms with E-state index in [-0.39, 0.29) is 17.9 Å².